The highest BCUT2D eigenvalue weighted by Crippen LogP contribution is 2.10. The van der Waals surface area contributed by atoms with Gasteiger partial charge in [-0.15, -0.1) is 0 Å². The highest BCUT2D eigenvalue weighted by Gasteiger charge is 2.37. The van der Waals surface area contributed by atoms with Crippen molar-refractivity contribution in [2.75, 3.05) is 20.7 Å². The molecule has 3 N–H and O–H groups in total. The van der Waals surface area contributed by atoms with Gasteiger partial charge in [0.1, 0.15) is 12.1 Å². The summed E-state index contributed by atoms with van der Waals surface area (Å²) in [5.74, 6) is -1.20. The van der Waals surface area contributed by atoms with Gasteiger partial charge in [0.05, 0.1) is 6.42 Å². The van der Waals surface area contributed by atoms with Crippen molar-refractivity contribution in [1.29, 1.82) is 0 Å². The molecule has 0 saturated carbocycles. The topological polar surface area (TPSA) is 102 Å². The Kier molecular flexibility index (Phi) is 3.97. The molecular weight excluding hydrogens is 214 g/mol. The number of carbonyl (C=O) groups is 3. The summed E-state index contributed by atoms with van der Waals surface area (Å²) in [4.78, 5) is 35.2. The summed E-state index contributed by atoms with van der Waals surface area (Å²) in [6.07, 6.45) is -0.809. The fourth-order valence-corrected chi connectivity index (χ4v) is 1.44. The molecule has 1 fully saturated rings. The Bertz CT molecular complexity index is 314. The molecule has 1 heterocycles. The van der Waals surface area contributed by atoms with Crippen molar-refractivity contribution in [2.24, 2.45) is 5.73 Å². The van der Waals surface area contributed by atoms with E-state index in [4.69, 9.17) is 10.5 Å². The number of rotatable bonds is 4. The van der Waals surface area contributed by atoms with Crippen molar-refractivity contribution in [3.05, 3.63) is 0 Å². The van der Waals surface area contributed by atoms with Crippen LogP contribution in [-0.4, -0.2) is 55.5 Å². The van der Waals surface area contributed by atoms with Crippen LogP contribution in [0.5, 0.6) is 0 Å². The molecule has 0 aromatic carbocycles. The van der Waals surface area contributed by atoms with E-state index in [1.165, 1.54) is 14.2 Å². The van der Waals surface area contributed by atoms with Gasteiger partial charge in [-0.1, -0.05) is 0 Å². The van der Waals surface area contributed by atoms with Gasteiger partial charge in [-0.05, 0) is 0 Å². The fraction of sp³-hybridized carbons (Fsp3) is 0.667. The van der Waals surface area contributed by atoms with E-state index in [1.807, 2.05) is 0 Å². The first-order chi connectivity index (χ1) is 7.51. The van der Waals surface area contributed by atoms with Crippen LogP contribution in [0.1, 0.15) is 6.42 Å². The lowest BCUT2D eigenvalue weighted by Crippen LogP contribution is -2.47. The first-order valence-electron chi connectivity index (χ1n) is 4.85. The van der Waals surface area contributed by atoms with Gasteiger partial charge in [0.2, 0.25) is 5.91 Å². The summed E-state index contributed by atoms with van der Waals surface area (Å²) in [6.45, 7) is 0.0209. The molecule has 3 amide bonds. The van der Waals surface area contributed by atoms with Crippen LogP contribution in [0.15, 0.2) is 0 Å². The molecule has 0 bridgehead atoms. The van der Waals surface area contributed by atoms with Crippen LogP contribution in [0, 0.1) is 0 Å². The summed E-state index contributed by atoms with van der Waals surface area (Å²) >= 11 is 0. The third kappa shape index (κ3) is 2.37. The van der Waals surface area contributed by atoms with E-state index >= 15 is 0 Å². The quantitative estimate of drug-likeness (QED) is 0.534. The van der Waals surface area contributed by atoms with E-state index in [1.54, 1.807) is 0 Å². The zero-order valence-electron chi connectivity index (χ0n) is 9.23. The number of hydrogen-bond acceptors (Lipinski definition) is 5. The molecule has 0 spiro atoms. The first kappa shape index (κ1) is 12.6. The Morgan fingerprint density at radius 1 is 1.69 bits per heavy atom. The molecule has 90 valence electrons. The lowest BCUT2D eigenvalue weighted by Gasteiger charge is -2.16. The number of imide groups is 1. The van der Waals surface area contributed by atoms with Crippen molar-refractivity contribution in [2.45, 2.75) is 18.6 Å². The van der Waals surface area contributed by atoms with E-state index in [9.17, 15) is 14.4 Å². The zero-order chi connectivity index (χ0) is 12.3. The molecule has 7 heteroatoms. The molecule has 0 aliphatic carbocycles. The van der Waals surface area contributed by atoms with Crippen LogP contribution >= 0.6 is 0 Å². The second-order valence-corrected chi connectivity index (χ2v) is 3.52. The molecule has 2 unspecified atom stereocenters. The number of methoxy groups -OCH3 is 1. The van der Waals surface area contributed by atoms with Crippen molar-refractivity contribution in [3.63, 3.8) is 0 Å². The first-order valence-corrected chi connectivity index (χ1v) is 4.85. The smallest absolute Gasteiger partial charge is 0.252 e. The Morgan fingerprint density at radius 2 is 2.31 bits per heavy atom. The van der Waals surface area contributed by atoms with Crippen LogP contribution in [-0.2, 0) is 19.1 Å². The number of nitrogens with one attached hydrogen (secondary N) is 1. The number of amides is 3. The highest BCUT2D eigenvalue weighted by atomic mass is 16.5. The Balaban J connectivity index is 2.59. The molecule has 2 atom stereocenters. The molecule has 1 saturated heterocycles. The van der Waals surface area contributed by atoms with Crippen LogP contribution in [0.25, 0.3) is 0 Å². The summed E-state index contributed by atoms with van der Waals surface area (Å²) < 4.78 is 4.81. The van der Waals surface area contributed by atoms with Gasteiger partial charge in [0.25, 0.3) is 11.8 Å². The average Bonchev–Trinajstić information content (AvgIpc) is 2.48. The number of nitrogens with zero attached hydrogens (tertiary/aromatic N) is 1. The van der Waals surface area contributed by atoms with Crippen LogP contribution in [0.4, 0.5) is 0 Å². The Hall–Kier alpha value is -1.47. The number of nitrogens with two attached hydrogens (primary N) is 1. The van der Waals surface area contributed by atoms with E-state index in [2.05, 4.69) is 5.32 Å². The van der Waals surface area contributed by atoms with Crippen molar-refractivity contribution in [3.8, 4) is 0 Å². The average molecular weight is 229 g/mol. The lowest BCUT2D eigenvalue weighted by molar-refractivity contribution is -0.139. The maximum absolute atomic E-state index is 11.5. The van der Waals surface area contributed by atoms with E-state index in [-0.39, 0.29) is 18.9 Å². The standard InChI is InChI=1S/C9H15N3O4/c1-12-7(13)3-5(9(12)15)11-8(14)6(4-10)16-2/h5-6H,3-4,10H2,1-2H3,(H,11,14). The van der Waals surface area contributed by atoms with E-state index in [0.29, 0.717) is 0 Å². The molecule has 1 aliphatic heterocycles. The van der Waals surface area contributed by atoms with E-state index in [0.717, 1.165) is 4.90 Å². The molecular formula is C9H15N3O4. The van der Waals surface area contributed by atoms with Crippen molar-refractivity contribution in [1.82, 2.24) is 10.2 Å². The maximum atomic E-state index is 11.5. The SMILES string of the molecule is COC(CN)C(=O)NC1CC(=O)N(C)C1=O. The van der Waals surface area contributed by atoms with Crippen LogP contribution < -0.4 is 11.1 Å². The second-order valence-electron chi connectivity index (χ2n) is 3.52. The Morgan fingerprint density at radius 3 is 2.69 bits per heavy atom. The lowest BCUT2D eigenvalue weighted by atomic mass is 10.2. The minimum absolute atomic E-state index is 0.0118. The molecule has 0 aromatic rings. The van der Waals surface area contributed by atoms with E-state index < -0.39 is 24.0 Å². The van der Waals surface area contributed by atoms with Gasteiger partial charge in [0.15, 0.2) is 0 Å². The third-order valence-corrected chi connectivity index (χ3v) is 2.49. The van der Waals surface area contributed by atoms with Crippen LogP contribution in [0.2, 0.25) is 0 Å². The van der Waals surface area contributed by atoms with Gasteiger partial charge in [-0.25, -0.2) is 0 Å². The molecule has 7 nitrogen and oxygen atoms in total. The molecule has 1 aliphatic rings. The minimum atomic E-state index is -0.797. The van der Waals surface area contributed by atoms with Gasteiger partial charge in [0, 0.05) is 20.7 Å². The Labute approximate surface area is 92.9 Å². The number of likely N-dealkylation sites (N-methyl/N-ethyl adjacent to an activating group) is 1. The largest absolute Gasteiger partial charge is 0.370 e. The maximum Gasteiger partial charge on any atom is 0.252 e. The van der Waals surface area contributed by atoms with Crippen LogP contribution in [0.3, 0.4) is 0 Å². The summed E-state index contributed by atoms with van der Waals surface area (Å²) in [6, 6.07) is -0.797. The molecule has 0 radical (unpaired) electrons. The van der Waals surface area contributed by atoms with Gasteiger partial charge >= 0.3 is 0 Å². The summed E-state index contributed by atoms with van der Waals surface area (Å²) in [7, 11) is 2.73. The normalized spacial score (nSPS) is 22.4. The van der Waals surface area contributed by atoms with Gasteiger partial charge in [-0.2, -0.15) is 0 Å². The summed E-state index contributed by atoms with van der Waals surface area (Å²) in [5.41, 5.74) is 5.30. The van der Waals surface area contributed by atoms with Crippen molar-refractivity contribution >= 4 is 17.7 Å². The zero-order valence-corrected chi connectivity index (χ0v) is 9.23. The number of ether oxygens (including phenoxy) is 1. The molecule has 0 aromatic heterocycles. The summed E-state index contributed by atoms with van der Waals surface area (Å²) in [5, 5.41) is 2.44. The predicted molar refractivity (Wildman–Crippen MR) is 54.2 cm³/mol. The van der Waals surface area contributed by atoms with Gasteiger partial charge in [-0.3, -0.25) is 19.3 Å². The third-order valence-electron chi connectivity index (χ3n) is 2.49. The molecule has 16 heavy (non-hydrogen) atoms. The predicted octanol–water partition coefficient (Wildman–Crippen LogP) is -2.17. The van der Waals surface area contributed by atoms with Crippen molar-refractivity contribution < 1.29 is 19.1 Å². The fourth-order valence-electron chi connectivity index (χ4n) is 1.44. The number of hydrogen-bond donors (Lipinski definition) is 2. The number of likely N-dealkylation sites (tertiary alicyclic amines) is 1. The second kappa shape index (κ2) is 5.04. The number of carbonyl (C=O) groups excluding carboxylic acids is 3. The van der Waals surface area contributed by atoms with Gasteiger partial charge < -0.3 is 15.8 Å². The monoisotopic (exact) mass is 229 g/mol. The molecule has 1 rings (SSSR count). The highest BCUT2D eigenvalue weighted by molar-refractivity contribution is 6.06. The minimum Gasteiger partial charge on any atom is -0.370 e.